The van der Waals surface area contributed by atoms with Gasteiger partial charge in [-0.15, -0.1) is 0 Å². The molecule has 2 rings (SSSR count). The van der Waals surface area contributed by atoms with Crippen LogP contribution in [0.5, 0.6) is 0 Å². The van der Waals surface area contributed by atoms with Gasteiger partial charge in [0.15, 0.2) is 0 Å². The molecule has 0 atom stereocenters. The van der Waals surface area contributed by atoms with Crippen molar-refractivity contribution in [3.63, 3.8) is 0 Å². The molecule has 0 saturated heterocycles. The van der Waals surface area contributed by atoms with Crippen LogP contribution in [0, 0.1) is 27.7 Å². The molecule has 0 heterocycles. The first-order valence-electron chi connectivity index (χ1n) is 7.24. The third-order valence-corrected chi connectivity index (χ3v) is 11.0. The minimum absolute atomic E-state index is 0.0922. The summed E-state index contributed by atoms with van der Waals surface area (Å²) in [5.74, 6) is -1.85. The van der Waals surface area contributed by atoms with Crippen LogP contribution in [0.1, 0.15) is 43.0 Å². The van der Waals surface area contributed by atoms with Crippen molar-refractivity contribution in [2.75, 3.05) is 0 Å². The predicted octanol–water partition coefficient (Wildman–Crippen LogP) is 1.59. The summed E-state index contributed by atoms with van der Waals surface area (Å²) in [6.07, 6.45) is 0. The second-order valence-electron chi connectivity index (χ2n) is 5.64. The quantitative estimate of drug-likeness (QED) is 0.671. The van der Waals surface area contributed by atoms with Crippen LogP contribution >= 0.6 is 0 Å². The van der Waals surface area contributed by atoms with Gasteiger partial charge in [-0.1, -0.05) is 0 Å². The van der Waals surface area contributed by atoms with E-state index in [2.05, 4.69) is 0 Å². The van der Waals surface area contributed by atoms with Crippen LogP contribution in [-0.4, -0.2) is 48.4 Å². The Morgan fingerprint density at radius 1 is 0.667 bits per heavy atom. The number of carboxylic acid groups (broad SMARTS) is 2. The van der Waals surface area contributed by atoms with E-state index in [9.17, 15) is 19.8 Å². The van der Waals surface area contributed by atoms with Gasteiger partial charge in [0.05, 0.1) is 0 Å². The molecule has 0 fully saturated rings. The Hall–Kier alpha value is -1.58. The molecule has 0 radical (unpaired) electrons. The first kappa shape index (κ1) is 18.8. The SMILES string of the molecule is Cc1cc([Se][Se]c2cc(C)c(C)cc2C(=O)O)c(C(=O)O)cc1C. The van der Waals surface area contributed by atoms with Gasteiger partial charge in [-0.25, -0.2) is 0 Å². The summed E-state index contributed by atoms with van der Waals surface area (Å²) in [6.45, 7) is 7.73. The van der Waals surface area contributed by atoms with Crippen LogP contribution < -0.4 is 8.92 Å². The Morgan fingerprint density at radius 3 is 1.25 bits per heavy atom. The van der Waals surface area contributed by atoms with E-state index >= 15 is 0 Å². The molecule has 0 aliphatic rings. The van der Waals surface area contributed by atoms with Gasteiger partial charge in [-0.3, -0.25) is 0 Å². The van der Waals surface area contributed by atoms with Crippen LogP contribution in [-0.2, 0) is 0 Å². The fraction of sp³-hybridized carbons (Fsp3) is 0.222. The van der Waals surface area contributed by atoms with Gasteiger partial charge >= 0.3 is 152 Å². The van der Waals surface area contributed by atoms with Crippen LogP contribution in [0.4, 0.5) is 0 Å². The number of carboxylic acids is 2. The normalized spacial score (nSPS) is 10.7. The average Bonchev–Trinajstić information content (AvgIpc) is 2.50. The fourth-order valence-corrected chi connectivity index (χ4v) is 9.42. The van der Waals surface area contributed by atoms with E-state index < -0.39 is 11.9 Å². The molecule has 2 aromatic rings. The van der Waals surface area contributed by atoms with E-state index in [1.165, 1.54) is 0 Å². The van der Waals surface area contributed by atoms with E-state index in [0.717, 1.165) is 31.2 Å². The molecule has 6 heteroatoms. The van der Waals surface area contributed by atoms with Crippen LogP contribution in [0.15, 0.2) is 24.3 Å². The van der Waals surface area contributed by atoms with E-state index in [0.29, 0.717) is 11.1 Å². The summed E-state index contributed by atoms with van der Waals surface area (Å²) in [4.78, 5) is 23.0. The molecule has 0 aliphatic heterocycles. The first-order chi connectivity index (χ1) is 11.2. The monoisotopic (exact) mass is 458 g/mol. The molecule has 126 valence electrons. The van der Waals surface area contributed by atoms with Crippen LogP contribution in [0.25, 0.3) is 0 Å². The van der Waals surface area contributed by atoms with Crippen molar-refractivity contribution in [3.8, 4) is 0 Å². The van der Waals surface area contributed by atoms with Crippen LogP contribution in [0.3, 0.4) is 0 Å². The number of hydrogen-bond acceptors (Lipinski definition) is 2. The van der Waals surface area contributed by atoms with Gasteiger partial charge in [0, 0.05) is 0 Å². The molecule has 2 aromatic carbocycles. The third kappa shape index (κ3) is 4.08. The Morgan fingerprint density at radius 2 is 0.958 bits per heavy atom. The minimum atomic E-state index is -0.927. The van der Waals surface area contributed by atoms with Gasteiger partial charge in [-0.05, 0) is 0 Å². The molecule has 0 bridgehead atoms. The maximum atomic E-state index is 11.5. The summed E-state index contributed by atoms with van der Waals surface area (Å²) in [5, 5.41) is 18.8. The third-order valence-electron chi connectivity index (χ3n) is 3.87. The molecule has 0 unspecified atom stereocenters. The molecule has 0 saturated carbocycles. The zero-order valence-corrected chi connectivity index (χ0v) is 17.3. The summed E-state index contributed by atoms with van der Waals surface area (Å²) >= 11 is -0.184. The van der Waals surface area contributed by atoms with Gasteiger partial charge < -0.3 is 0 Å². The summed E-state index contributed by atoms with van der Waals surface area (Å²) in [5.41, 5.74) is 4.70. The molecule has 4 nitrogen and oxygen atoms in total. The van der Waals surface area contributed by atoms with E-state index in [-0.39, 0.29) is 26.3 Å². The van der Waals surface area contributed by atoms with Gasteiger partial charge in [0.25, 0.3) is 0 Å². The molecule has 0 amide bonds. The Kier molecular flexibility index (Phi) is 5.89. The summed E-state index contributed by atoms with van der Waals surface area (Å²) in [7, 11) is 0. The van der Waals surface area contributed by atoms with Crippen molar-refractivity contribution in [3.05, 3.63) is 57.6 Å². The zero-order chi connectivity index (χ0) is 18.0. The van der Waals surface area contributed by atoms with Gasteiger partial charge in [0.1, 0.15) is 0 Å². The summed E-state index contributed by atoms with van der Waals surface area (Å²) in [6, 6.07) is 7.29. The van der Waals surface area contributed by atoms with E-state index in [1.54, 1.807) is 12.1 Å². The molecular weight excluding hydrogens is 438 g/mol. The number of aryl methyl sites for hydroxylation is 4. The topological polar surface area (TPSA) is 74.6 Å². The molecule has 2 N–H and O–H groups in total. The Balaban J connectivity index is 2.38. The van der Waals surface area contributed by atoms with E-state index in [4.69, 9.17) is 0 Å². The first-order valence-corrected chi connectivity index (χ1v) is 13.3. The van der Waals surface area contributed by atoms with Gasteiger partial charge in [0.2, 0.25) is 0 Å². The second-order valence-corrected chi connectivity index (χ2v) is 11.8. The molecule has 0 spiro atoms. The number of carbonyl (C=O) groups is 2. The second kappa shape index (κ2) is 7.54. The molecular formula is C18H18O4Se2. The van der Waals surface area contributed by atoms with Crippen molar-refractivity contribution in [1.29, 1.82) is 0 Å². The summed E-state index contributed by atoms with van der Waals surface area (Å²) < 4.78 is 1.65. The van der Waals surface area contributed by atoms with Crippen molar-refractivity contribution in [2.45, 2.75) is 27.7 Å². The van der Waals surface area contributed by atoms with Crippen LogP contribution in [0.2, 0.25) is 0 Å². The fourth-order valence-electron chi connectivity index (χ4n) is 2.14. The van der Waals surface area contributed by atoms with Crippen molar-refractivity contribution >= 4 is 47.1 Å². The van der Waals surface area contributed by atoms with Gasteiger partial charge in [-0.2, -0.15) is 0 Å². The predicted molar refractivity (Wildman–Crippen MR) is 96.5 cm³/mol. The molecule has 0 aromatic heterocycles. The number of hydrogen-bond donors (Lipinski definition) is 2. The molecule has 0 aliphatic carbocycles. The Labute approximate surface area is 152 Å². The Bertz CT molecular complexity index is 759. The van der Waals surface area contributed by atoms with E-state index in [1.807, 2.05) is 39.8 Å². The standard InChI is InChI=1S/C18H18O4Se2/c1-9-5-13(17(19)20)15(7-11(9)3)23-24-16-8-12(4)10(2)6-14(16)18(21)22/h5-8H,1-4H3,(H,19,20)(H,21,22). The number of benzene rings is 2. The van der Waals surface area contributed by atoms with Crippen molar-refractivity contribution in [2.24, 2.45) is 0 Å². The van der Waals surface area contributed by atoms with Crippen molar-refractivity contribution < 1.29 is 19.8 Å². The van der Waals surface area contributed by atoms with Crippen molar-refractivity contribution in [1.82, 2.24) is 0 Å². The average molecular weight is 456 g/mol. The number of aromatic carboxylic acids is 2. The number of rotatable bonds is 5. The maximum absolute atomic E-state index is 11.5. The molecule has 24 heavy (non-hydrogen) atoms. The zero-order valence-electron chi connectivity index (χ0n) is 13.8.